The van der Waals surface area contributed by atoms with Gasteiger partial charge in [0, 0.05) is 47.0 Å². The predicted molar refractivity (Wildman–Crippen MR) is 202 cm³/mol. The summed E-state index contributed by atoms with van der Waals surface area (Å²) in [4.78, 5) is 29.7. The van der Waals surface area contributed by atoms with Gasteiger partial charge in [-0.05, 0) is 66.1 Å². The Balaban J connectivity index is 1.40. The van der Waals surface area contributed by atoms with E-state index >= 15 is 4.39 Å². The number of benzene rings is 4. The van der Waals surface area contributed by atoms with Crippen LogP contribution in [-0.4, -0.2) is 46.7 Å². The smallest absolute Gasteiger partial charge is 0.416 e. The lowest BCUT2D eigenvalue weighted by atomic mass is 9.70. The lowest BCUT2D eigenvalue weighted by Crippen LogP contribution is -2.69. The summed E-state index contributed by atoms with van der Waals surface area (Å²) < 4.78 is 104. The number of ether oxygens (including phenoxy) is 1. The second-order valence-corrected chi connectivity index (χ2v) is 14.8. The Labute approximate surface area is 327 Å². The van der Waals surface area contributed by atoms with Crippen LogP contribution in [0.2, 0.25) is 0 Å². The molecule has 5 aromatic rings. The number of quaternary nitrogens is 1. The van der Waals surface area contributed by atoms with E-state index in [1.165, 1.54) is 13.2 Å². The Bertz CT molecular complexity index is 2360. The molecule has 4 aromatic carbocycles. The second-order valence-electron chi connectivity index (χ2n) is 14.8. The number of hydrogen-bond donors (Lipinski definition) is 2. The number of halogens is 7. The van der Waals surface area contributed by atoms with Crippen molar-refractivity contribution in [1.29, 1.82) is 0 Å². The van der Waals surface area contributed by atoms with Crippen molar-refractivity contribution in [2.24, 2.45) is 11.8 Å². The number of nitro benzene ring substituents is 1. The summed E-state index contributed by atoms with van der Waals surface area (Å²) in [6, 6.07) is 18.1. The molecule has 3 aliphatic heterocycles. The van der Waals surface area contributed by atoms with Crippen LogP contribution in [0, 0.1) is 27.8 Å². The van der Waals surface area contributed by atoms with Gasteiger partial charge in [0.05, 0.1) is 47.5 Å². The molecule has 16 heteroatoms. The number of hydrogen-bond acceptors (Lipinski definition) is 5. The molecule has 0 radical (unpaired) electrons. The van der Waals surface area contributed by atoms with Crippen LogP contribution in [0.3, 0.4) is 0 Å². The Hall–Kier alpha value is -6.03. The van der Waals surface area contributed by atoms with Gasteiger partial charge < -0.3 is 19.9 Å². The number of nitrogens with one attached hydrogen (secondary N) is 2. The number of carbonyl (C=O) groups excluding carboxylic acids is 1. The minimum Gasteiger partial charge on any atom is -0.497 e. The first kappa shape index (κ1) is 40.2. The number of fused-ring (bicyclic) bond motifs is 4. The van der Waals surface area contributed by atoms with E-state index in [-0.39, 0.29) is 28.9 Å². The normalized spacial score (nSPS) is 21.0. The molecule has 0 saturated carbocycles. The van der Waals surface area contributed by atoms with Gasteiger partial charge in [0.15, 0.2) is 0 Å². The number of piperidine rings is 3. The minimum absolute atomic E-state index is 0.00225. The maximum Gasteiger partial charge on any atom is 0.416 e. The highest BCUT2D eigenvalue weighted by Crippen LogP contribution is 2.49. The van der Waals surface area contributed by atoms with Crippen molar-refractivity contribution in [2.45, 2.75) is 43.8 Å². The van der Waals surface area contributed by atoms with Gasteiger partial charge in [-0.3, -0.25) is 10.1 Å². The van der Waals surface area contributed by atoms with Gasteiger partial charge in [0.1, 0.15) is 24.4 Å². The molecule has 302 valence electrons. The van der Waals surface area contributed by atoms with Crippen LogP contribution in [0.5, 0.6) is 5.75 Å². The molecule has 8 rings (SSSR count). The number of urea groups is 1. The molecule has 4 heterocycles. The molecule has 0 aliphatic carbocycles. The van der Waals surface area contributed by atoms with E-state index in [1.54, 1.807) is 24.3 Å². The largest absolute Gasteiger partial charge is 0.497 e. The van der Waals surface area contributed by atoms with E-state index in [0.29, 0.717) is 65.1 Å². The van der Waals surface area contributed by atoms with Crippen molar-refractivity contribution in [3.8, 4) is 17.0 Å². The van der Waals surface area contributed by atoms with Gasteiger partial charge in [-0.25, -0.2) is 9.78 Å². The summed E-state index contributed by atoms with van der Waals surface area (Å²) in [7, 11) is 1.48. The zero-order valence-corrected chi connectivity index (χ0v) is 30.9. The van der Waals surface area contributed by atoms with Crippen molar-refractivity contribution in [1.82, 2.24) is 10.3 Å². The third-order valence-electron chi connectivity index (χ3n) is 11.4. The average molecular weight is 809 g/mol. The van der Waals surface area contributed by atoms with E-state index in [9.17, 15) is 41.3 Å². The van der Waals surface area contributed by atoms with Gasteiger partial charge >= 0.3 is 24.1 Å². The van der Waals surface area contributed by atoms with Crippen molar-refractivity contribution >= 4 is 28.3 Å². The highest BCUT2D eigenvalue weighted by Gasteiger charge is 2.55. The lowest BCUT2D eigenvalue weighted by molar-refractivity contribution is -0.983. The number of amides is 2. The van der Waals surface area contributed by atoms with Crippen molar-refractivity contribution in [3.63, 3.8) is 0 Å². The number of aromatic nitrogens is 1. The average Bonchev–Trinajstić information content (AvgIpc) is 3.18. The van der Waals surface area contributed by atoms with Crippen LogP contribution in [0.4, 0.5) is 46.9 Å². The Morgan fingerprint density at radius 1 is 1.00 bits per heavy atom. The number of nitro groups is 1. The summed E-state index contributed by atoms with van der Waals surface area (Å²) >= 11 is 0. The van der Waals surface area contributed by atoms with Gasteiger partial charge in [-0.2, -0.15) is 30.7 Å². The van der Waals surface area contributed by atoms with E-state index in [4.69, 9.17) is 9.72 Å². The minimum atomic E-state index is -5.15. The van der Waals surface area contributed by atoms with E-state index in [1.807, 2.05) is 36.4 Å². The molecule has 58 heavy (non-hydrogen) atoms. The summed E-state index contributed by atoms with van der Waals surface area (Å²) in [6.07, 6.45) is -7.24. The Morgan fingerprint density at radius 2 is 1.71 bits per heavy atom. The van der Waals surface area contributed by atoms with Crippen molar-refractivity contribution in [3.05, 3.63) is 142 Å². The van der Waals surface area contributed by atoms with Crippen molar-refractivity contribution < 1.29 is 49.7 Å². The molecule has 0 spiro atoms. The zero-order valence-electron chi connectivity index (χ0n) is 30.9. The summed E-state index contributed by atoms with van der Waals surface area (Å²) in [5, 5.41) is 17.2. The number of pyridine rings is 1. The number of carbonyl (C=O) groups is 1. The number of methoxy groups -OCH3 is 1. The molecule has 3 fully saturated rings. The molecule has 2 N–H and O–H groups in total. The maximum atomic E-state index is 15.1. The first-order chi connectivity index (χ1) is 27.5. The molecular formula is C42H37F7N5O4+. The first-order valence-electron chi connectivity index (χ1n) is 18.3. The van der Waals surface area contributed by atoms with Gasteiger partial charge in [0.25, 0.3) is 0 Å². The summed E-state index contributed by atoms with van der Waals surface area (Å²) in [5.41, 5.74) is -1.85. The SMILES string of the molecule is C=C[C@H]1C[N@+]2(Cc3ccc([N+](=O)[O-])c(F)c3)CC[C@H]1C[C@@H]2[C@@H](NC(=O)Nc1cc(C(F)(F)F)cc(C(F)(F)F)c1)c1cc(-c2ccccc2)nc2ccc(OC)cc12. The highest BCUT2D eigenvalue weighted by atomic mass is 19.4. The standard InChI is InChI=1S/C42H36F7N5O4/c1-3-25-23-54(22-24-9-12-37(53(56)57)34(43)15-24)14-13-27(25)16-38(54)39(52-40(55)50-30-18-28(41(44,45)46)17-29(19-30)42(47,48)49)33-21-36(26-7-5-4-6-8-26)51-35-11-10-31(58-2)20-32(33)35/h3-12,15,17-21,25,27,38-39H,1,13-14,16,22-23H2,2H3,(H-,50,52,55)/p+1/t25-,27-,38+,39-,54+/m0/s1. The van der Waals surface area contributed by atoms with Gasteiger partial charge in [0.2, 0.25) is 5.82 Å². The molecule has 2 bridgehead atoms. The van der Waals surface area contributed by atoms with Crippen LogP contribution in [0.15, 0.2) is 104 Å². The quantitative estimate of drug-likeness (QED) is 0.0481. The first-order valence-corrected chi connectivity index (χ1v) is 18.3. The van der Waals surface area contributed by atoms with E-state index < -0.39 is 63.7 Å². The third kappa shape index (κ3) is 8.05. The number of nitrogens with zero attached hydrogens (tertiary/aromatic N) is 3. The molecule has 9 nitrogen and oxygen atoms in total. The molecule has 2 amide bonds. The molecule has 5 atom stereocenters. The molecule has 3 aliphatic rings. The Morgan fingerprint density at radius 3 is 2.33 bits per heavy atom. The Kier molecular flexibility index (Phi) is 10.7. The molecule has 1 aromatic heterocycles. The van der Waals surface area contributed by atoms with Crippen LogP contribution >= 0.6 is 0 Å². The van der Waals surface area contributed by atoms with E-state index in [0.717, 1.165) is 24.1 Å². The monoisotopic (exact) mass is 808 g/mol. The fourth-order valence-corrected chi connectivity index (χ4v) is 8.65. The van der Waals surface area contributed by atoms with Gasteiger partial charge in [-0.15, -0.1) is 6.58 Å². The van der Waals surface area contributed by atoms with Crippen LogP contribution in [0.1, 0.15) is 41.1 Å². The van der Waals surface area contributed by atoms with Crippen LogP contribution < -0.4 is 15.4 Å². The topological polar surface area (TPSA) is 106 Å². The fourth-order valence-electron chi connectivity index (χ4n) is 8.65. The number of rotatable bonds is 10. The number of alkyl halides is 6. The summed E-state index contributed by atoms with van der Waals surface area (Å²) in [5.74, 6) is -0.477. The fraction of sp³-hybridized carbons (Fsp3) is 0.286. The predicted octanol–water partition coefficient (Wildman–Crippen LogP) is 10.5. The highest BCUT2D eigenvalue weighted by molar-refractivity contribution is 5.92. The third-order valence-corrected chi connectivity index (χ3v) is 11.4. The number of anilines is 1. The van der Waals surface area contributed by atoms with Crippen molar-refractivity contribution in [2.75, 3.05) is 25.5 Å². The molecule has 3 saturated heterocycles. The second kappa shape index (κ2) is 15.4. The van der Waals surface area contributed by atoms with Gasteiger partial charge in [-0.1, -0.05) is 36.4 Å². The van der Waals surface area contributed by atoms with Crippen LogP contribution in [0.25, 0.3) is 22.2 Å². The zero-order chi connectivity index (χ0) is 41.6. The van der Waals surface area contributed by atoms with E-state index in [2.05, 4.69) is 17.2 Å². The molecular weight excluding hydrogens is 771 g/mol. The van der Waals surface area contributed by atoms with Crippen LogP contribution in [-0.2, 0) is 18.9 Å². The maximum absolute atomic E-state index is 15.1. The summed E-state index contributed by atoms with van der Waals surface area (Å²) in [6.45, 7) is 5.26. The molecule has 0 unspecified atom stereocenters. The lowest BCUT2D eigenvalue weighted by Gasteiger charge is -2.59.